The number of nitrogens with one attached hydrogen (secondary N) is 2. The topological polar surface area (TPSA) is 61.0 Å². The summed E-state index contributed by atoms with van der Waals surface area (Å²) >= 11 is 0. The minimum Gasteiger partial charge on any atom is -0.374 e. The number of aliphatic hydroxyl groups is 1. The fraction of sp³-hybridized carbons (Fsp3) is 0.438. The Morgan fingerprint density at radius 2 is 2.20 bits per heavy atom. The molecule has 2 atom stereocenters. The zero-order chi connectivity index (χ0) is 14.5. The number of aromatic nitrogens is 1. The van der Waals surface area contributed by atoms with Crippen LogP contribution >= 0.6 is 0 Å². The maximum absolute atomic E-state index is 9.91. The predicted molar refractivity (Wildman–Crippen MR) is 83.3 cm³/mol. The fourth-order valence-electron chi connectivity index (χ4n) is 2.66. The summed E-state index contributed by atoms with van der Waals surface area (Å²) in [4.78, 5) is 0. The van der Waals surface area contributed by atoms with Gasteiger partial charge in [-0.2, -0.15) is 0 Å². The summed E-state index contributed by atoms with van der Waals surface area (Å²) in [7, 11) is 1.74. The van der Waals surface area contributed by atoms with Gasteiger partial charge in [-0.3, -0.25) is 5.32 Å². The molecule has 4 heteroatoms. The molecular weight excluding hydrogens is 250 g/mol. The van der Waals surface area contributed by atoms with Crippen molar-refractivity contribution in [2.45, 2.75) is 38.5 Å². The lowest BCUT2D eigenvalue weighted by Crippen LogP contribution is -2.15. The average molecular weight is 273 g/mol. The van der Waals surface area contributed by atoms with Gasteiger partial charge in [0, 0.05) is 24.2 Å². The van der Waals surface area contributed by atoms with Gasteiger partial charge in [0.05, 0.1) is 0 Å². The Kier molecular flexibility index (Phi) is 4.93. The Morgan fingerprint density at radius 1 is 1.40 bits per heavy atom. The molecule has 2 aromatic rings. The summed E-state index contributed by atoms with van der Waals surface area (Å²) in [5.74, 6) is 0. The second-order valence-corrected chi connectivity index (χ2v) is 5.11. The first kappa shape index (κ1) is 14.8. The van der Waals surface area contributed by atoms with Crippen molar-refractivity contribution in [2.24, 2.45) is 0 Å². The van der Waals surface area contributed by atoms with Crippen LogP contribution in [0.3, 0.4) is 0 Å². The van der Waals surface area contributed by atoms with Gasteiger partial charge in [0.15, 0.2) is 0 Å². The lowest BCUT2D eigenvalue weighted by Gasteiger charge is -2.18. The number of rotatable bonds is 7. The zero-order valence-electron chi connectivity index (χ0n) is 12.1. The van der Waals surface area contributed by atoms with Crippen molar-refractivity contribution in [3.05, 3.63) is 36.0 Å². The van der Waals surface area contributed by atoms with Crippen LogP contribution < -0.4 is 5.32 Å². The first-order valence-corrected chi connectivity index (χ1v) is 7.16. The quantitative estimate of drug-likeness (QED) is 0.536. The van der Waals surface area contributed by atoms with Gasteiger partial charge >= 0.3 is 0 Å². The van der Waals surface area contributed by atoms with Gasteiger partial charge in [-0.1, -0.05) is 25.5 Å². The Bertz CT molecular complexity index is 576. The highest BCUT2D eigenvalue weighted by molar-refractivity contribution is 5.81. The molecule has 0 saturated heterocycles. The van der Waals surface area contributed by atoms with Gasteiger partial charge < -0.3 is 15.1 Å². The second-order valence-electron chi connectivity index (χ2n) is 5.11. The lowest BCUT2D eigenvalue weighted by atomic mass is 10.1. The highest BCUT2D eigenvalue weighted by Gasteiger charge is 2.13. The van der Waals surface area contributed by atoms with Crippen molar-refractivity contribution in [3.63, 3.8) is 0 Å². The lowest BCUT2D eigenvalue weighted by molar-refractivity contribution is 0.149. The molecule has 1 aromatic carbocycles. The van der Waals surface area contributed by atoms with Crippen LogP contribution in [0.5, 0.6) is 0 Å². The number of aliphatic hydroxyl groups excluding tert-OH is 1. The third kappa shape index (κ3) is 2.92. The summed E-state index contributed by atoms with van der Waals surface area (Å²) in [6.07, 6.45) is 5.82. The highest BCUT2D eigenvalue weighted by Crippen LogP contribution is 2.27. The molecule has 0 aliphatic heterocycles. The third-order valence-electron chi connectivity index (χ3n) is 3.74. The molecule has 20 heavy (non-hydrogen) atoms. The number of benzene rings is 1. The van der Waals surface area contributed by atoms with Crippen LogP contribution in [0.25, 0.3) is 10.9 Å². The molecule has 2 rings (SSSR count). The maximum Gasteiger partial charge on any atom is 0.130 e. The number of hydrogen-bond donors (Lipinski definition) is 3. The summed E-state index contributed by atoms with van der Waals surface area (Å²) in [6.45, 7) is 2.17. The number of nitrogens with zero attached hydrogens (tertiary/aromatic N) is 1. The van der Waals surface area contributed by atoms with Crippen LogP contribution in [0.2, 0.25) is 0 Å². The summed E-state index contributed by atoms with van der Waals surface area (Å²) in [6, 6.07) is 8.42. The van der Waals surface area contributed by atoms with E-state index in [9.17, 15) is 5.11 Å². The molecule has 2 unspecified atom stereocenters. The van der Waals surface area contributed by atoms with E-state index in [-0.39, 0.29) is 0 Å². The molecule has 4 nitrogen and oxygen atoms in total. The molecule has 0 bridgehead atoms. The van der Waals surface area contributed by atoms with E-state index >= 15 is 0 Å². The Hall–Kier alpha value is -1.65. The van der Waals surface area contributed by atoms with Gasteiger partial charge in [0.1, 0.15) is 6.23 Å². The van der Waals surface area contributed by atoms with Crippen LogP contribution in [-0.4, -0.2) is 22.9 Å². The van der Waals surface area contributed by atoms with E-state index in [4.69, 9.17) is 5.41 Å². The Morgan fingerprint density at radius 3 is 2.85 bits per heavy atom. The van der Waals surface area contributed by atoms with Gasteiger partial charge in [-0.25, -0.2) is 0 Å². The largest absolute Gasteiger partial charge is 0.374 e. The van der Waals surface area contributed by atoms with Gasteiger partial charge in [-0.15, -0.1) is 0 Å². The van der Waals surface area contributed by atoms with E-state index in [0.29, 0.717) is 6.04 Å². The molecule has 0 aliphatic carbocycles. The standard InChI is InChI=1S/C16H23N3O/c1-3-4-14(7-9-17)19-10-8-12-5-6-13(11-15(12)19)16(20)18-2/h5-6,8-11,14,16-18,20H,3-4,7H2,1-2H3. The number of fused-ring (bicyclic) bond motifs is 1. The predicted octanol–water partition coefficient (Wildman–Crippen LogP) is 3.23. The Labute approximate surface area is 119 Å². The van der Waals surface area contributed by atoms with Crippen molar-refractivity contribution in [3.8, 4) is 0 Å². The van der Waals surface area contributed by atoms with Gasteiger partial charge in [0.25, 0.3) is 0 Å². The van der Waals surface area contributed by atoms with Crippen molar-refractivity contribution in [2.75, 3.05) is 7.05 Å². The van der Waals surface area contributed by atoms with Crippen LogP contribution in [0, 0.1) is 5.41 Å². The molecule has 1 heterocycles. The smallest absolute Gasteiger partial charge is 0.130 e. The zero-order valence-corrected chi connectivity index (χ0v) is 12.1. The minimum atomic E-state index is -0.643. The maximum atomic E-state index is 9.91. The molecule has 0 aliphatic rings. The van der Waals surface area contributed by atoms with Crippen molar-refractivity contribution < 1.29 is 5.11 Å². The molecule has 1 aromatic heterocycles. The molecule has 0 spiro atoms. The molecule has 0 radical (unpaired) electrons. The van der Waals surface area contributed by atoms with Crippen LogP contribution in [0.1, 0.15) is 44.0 Å². The van der Waals surface area contributed by atoms with Crippen molar-refractivity contribution in [1.82, 2.24) is 9.88 Å². The molecule has 0 amide bonds. The van der Waals surface area contributed by atoms with Gasteiger partial charge in [-0.05, 0) is 42.8 Å². The number of hydrogen-bond acceptors (Lipinski definition) is 3. The monoisotopic (exact) mass is 273 g/mol. The van der Waals surface area contributed by atoms with E-state index in [0.717, 1.165) is 30.3 Å². The Balaban J connectivity index is 2.44. The van der Waals surface area contributed by atoms with Gasteiger partial charge in [0.2, 0.25) is 0 Å². The first-order valence-electron chi connectivity index (χ1n) is 7.16. The van der Waals surface area contributed by atoms with Crippen molar-refractivity contribution >= 4 is 17.1 Å². The molecular formula is C16H23N3O. The summed E-state index contributed by atoms with van der Waals surface area (Å²) < 4.78 is 2.23. The second kappa shape index (κ2) is 6.68. The first-order chi connectivity index (χ1) is 9.71. The molecule has 108 valence electrons. The van der Waals surface area contributed by atoms with E-state index in [2.05, 4.69) is 29.1 Å². The van der Waals surface area contributed by atoms with E-state index in [1.807, 2.05) is 18.2 Å². The van der Waals surface area contributed by atoms with E-state index in [1.165, 1.54) is 11.6 Å². The van der Waals surface area contributed by atoms with E-state index < -0.39 is 6.23 Å². The molecule has 3 N–H and O–H groups in total. The third-order valence-corrected chi connectivity index (χ3v) is 3.74. The fourth-order valence-corrected chi connectivity index (χ4v) is 2.66. The highest BCUT2D eigenvalue weighted by atomic mass is 16.3. The average Bonchev–Trinajstić information content (AvgIpc) is 2.89. The summed E-state index contributed by atoms with van der Waals surface area (Å²) in [5, 5.41) is 21.3. The SMILES string of the molecule is CCCC(CC=N)n1ccc2ccc(C(O)NC)cc21. The normalized spacial score (nSPS) is 14.3. The molecule has 0 fully saturated rings. The van der Waals surface area contributed by atoms with E-state index in [1.54, 1.807) is 7.05 Å². The minimum absolute atomic E-state index is 0.317. The van der Waals surface area contributed by atoms with Crippen LogP contribution in [0.4, 0.5) is 0 Å². The van der Waals surface area contributed by atoms with Crippen molar-refractivity contribution in [1.29, 1.82) is 5.41 Å². The van der Waals surface area contributed by atoms with Crippen LogP contribution in [0.15, 0.2) is 30.5 Å². The van der Waals surface area contributed by atoms with Crippen LogP contribution in [-0.2, 0) is 0 Å². The molecule has 0 saturated carbocycles. The summed E-state index contributed by atoms with van der Waals surface area (Å²) in [5.41, 5.74) is 1.99.